The van der Waals surface area contributed by atoms with Crippen LogP contribution in [0.15, 0.2) is 35.7 Å². The van der Waals surface area contributed by atoms with E-state index >= 15 is 0 Å². The van der Waals surface area contributed by atoms with Gasteiger partial charge in [0, 0.05) is 17.0 Å². The van der Waals surface area contributed by atoms with Gasteiger partial charge in [-0.1, -0.05) is 31.5 Å². The number of anilines is 1. The van der Waals surface area contributed by atoms with Crippen LogP contribution < -0.4 is 10.6 Å². The molecule has 0 bridgehead atoms. The lowest BCUT2D eigenvalue weighted by Crippen LogP contribution is -2.37. The number of rotatable bonds is 9. The number of methoxy groups -OCH3 is 1. The second-order valence-corrected chi connectivity index (χ2v) is 6.83. The molecule has 2 aromatic rings. The highest BCUT2D eigenvalue weighted by molar-refractivity contribution is 7.14. The summed E-state index contributed by atoms with van der Waals surface area (Å²) in [5, 5.41) is 7.74. The lowest BCUT2D eigenvalue weighted by molar-refractivity contribution is -0.141. The maximum absolute atomic E-state index is 12.2. The van der Waals surface area contributed by atoms with E-state index in [0.717, 1.165) is 6.42 Å². The fourth-order valence-electron chi connectivity index (χ4n) is 2.51. The number of esters is 1. The minimum atomic E-state index is -0.353. The Labute approximate surface area is 162 Å². The molecule has 2 N–H and O–H groups in total. The molecule has 0 saturated carbocycles. The van der Waals surface area contributed by atoms with Crippen LogP contribution in [0.3, 0.4) is 0 Å². The monoisotopic (exact) mass is 389 g/mol. The highest BCUT2D eigenvalue weighted by Gasteiger charge is 2.17. The fourth-order valence-corrected chi connectivity index (χ4v) is 3.21. The predicted octanol–water partition coefficient (Wildman–Crippen LogP) is 2.79. The number of nitrogens with zero attached hydrogens (tertiary/aromatic N) is 1. The smallest absolute Gasteiger partial charge is 0.307 e. The van der Waals surface area contributed by atoms with E-state index in [4.69, 9.17) is 0 Å². The van der Waals surface area contributed by atoms with Gasteiger partial charge in [-0.25, -0.2) is 4.98 Å². The third kappa shape index (κ3) is 6.82. The first-order chi connectivity index (χ1) is 13.0. The Bertz CT molecular complexity index is 776. The van der Waals surface area contributed by atoms with E-state index in [-0.39, 0.29) is 36.7 Å². The first kappa shape index (κ1) is 20.6. The third-order valence-corrected chi connectivity index (χ3v) is 4.60. The minimum absolute atomic E-state index is 0.0824. The van der Waals surface area contributed by atoms with Crippen molar-refractivity contribution in [2.75, 3.05) is 12.4 Å². The number of ether oxygens (including phenoxy) is 1. The Morgan fingerprint density at radius 3 is 2.63 bits per heavy atom. The number of carbonyl (C=O) groups is 3. The number of hydrogen-bond donors (Lipinski definition) is 2. The van der Waals surface area contributed by atoms with Gasteiger partial charge in [0.05, 0.1) is 25.6 Å². The summed E-state index contributed by atoms with van der Waals surface area (Å²) in [6.45, 7) is 1.98. The molecule has 8 heteroatoms. The average Bonchev–Trinajstić information content (AvgIpc) is 3.09. The van der Waals surface area contributed by atoms with Crippen LogP contribution in [0.25, 0.3) is 0 Å². The summed E-state index contributed by atoms with van der Waals surface area (Å²) in [6.07, 6.45) is 1.76. The molecule has 0 aliphatic carbocycles. The van der Waals surface area contributed by atoms with Gasteiger partial charge in [0.15, 0.2) is 5.13 Å². The third-order valence-electron chi connectivity index (χ3n) is 3.79. The Balaban J connectivity index is 1.89. The molecule has 0 spiro atoms. The molecular weight excluding hydrogens is 366 g/mol. The van der Waals surface area contributed by atoms with E-state index in [1.807, 2.05) is 13.0 Å². The number of hydrogen-bond acceptors (Lipinski definition) is 6. The molecule has 1 aromatic heterocycles. The van der Waals surface area contributed by atoms with E-state index in [9.17, 15) is 14.4 Å². The summed E-state index contributed by atoms with van der Waals surface area (Å²) in [7, 11) is 1.33. The van der Waals surface area contributed by atoms with Crippen LogP contribution in [0, 0.1) is 0 Å². The molecular formula is C19H23N3O4S. The highest BCUT2D eigenvalue weighted by Crippen LogP contribution is 2.17. The Kier molecular flexibility index (Phi) is 7.94. The van der Waals surface area contributed by atoms with Crippen molar-refractivity contribution in [3.8, 4) is 0 Å². The van der Waals surface area contributed by atoms with E-state index in [1.54, 1.807) is 29.6 Å². The number of thiazole rings is 1. The second-order valence-electron chi connectivity index (χ2n) is 5.97. The van der Waals surface area contributed by atoms with E-state index in [2.05, 4.69) is 20.4 Å². The first-order valence-electron chi connectivity index (χ1n) is 8.68. The van der Waals surface area contributed by atoms with Gasteiger partial charge in [-0.15, -0.1) is 11.3 Å². The van der Waals surface area contributed by atoms with Crippen LogP contribution in [0.5, 0.6) is 0 Å². The maximum atomic E-state index is 12.2. The van der Waals surface area contributed by atoms with Crippen LogP contribution in [-0.2, 0) is 20.7 Å². The summed E-state index contributed by atoms with van der Waals surface area (Å²) in [4.78, 5) is 40.1. The molecule has 2 amide bonds. The Morgan fingerprint density at radius 1 is 1.22 bits per heavy atom. The molecule has 0 fully saturated rings. The van der Waals surface area contributed by atoms with Gasteiger partial charge < -0.3 is 10.1 Å². The second kappa shape index (κ2) is 10.4. The largest absolute Gasteiger partial charge is 0.469 e. The van der Waals surface area contributed by atoms with Crippen molar-refractivity contribution in [1.82, 2.24) is 10.3 Å². The number of carbonyl (C=O) groups excluding carboxylic acids is 3. The van der Waals surface area contributed by atoms with E-state index in [0.29, 0.717) is 22.8 Å². The predicted molar refractivity (Wildman–Crippen MR) is 104 cm³/mol. The molecule has 144 valence electrons. The standard InChI is InChI=1S/C19H23N3O4S/c1-3-7-14(11-17(24)26-2)20-16(23)10-15-12-27-19(21-15)22-18(25)13-8-5-4-6-9-13/h4-6,8-9,12,14H,3,7,10-11H2,1-2H3,(H,20,23)(H,21,22,25). The zero-order valence-electron chi connectivity index (χ0n) is 15.4. The summed E-state index contributed by atoms with van der Waals surface area (Å²) < 4.78 is 4.66. The Morgan fingerprint density at radius 2 is 1.96 bits per heavy atom. The van der Waals surface area contributed by atoms with E-state index < -0.39 is 0 Å². The summed E-state index contributed by atoms with van der Waals surface area (Å²) >= 11 is 1.26. The number of nitrogens with one attached hydrogen (secondary N) is 2. The van der Waals surface area contributed by atoms with Crippen LogP contribution >= 0.6 is 11.3 Å². The van der Waals surface area contributed by atoms with Gasteiger partial charge in [-0.3, -0.25) is 19.7 Å². The molecule has 0 aliphatic heterocycles. The van der Waals surface area contributed by atoms with Crippen molar-refractivity contribution in [3.05, 3.63) is 47.0 Å². The zero-order chi connectivity index (χ0) is 19.6. The molecule has 0 aliphatic rings. The van der Waals surface area contributed by atoms with Gasteiger partial charge >= 0.3 is 5.97 Å². The van der Waals surface area contributed by atoms with Crippen LogP contribution in [0.2, 0.25) is 0 Å². The Hall–Kier alpha value is -2.74. The number of benzene rings is 1. The van der Waals surface area contributed by atoms with Crippen LogP contribution in [-0.4, -0.2) is 35.9 Å². The molecule has 27 heavy (non-hydrogen) atoms. The topological polar surface area (TPSA) is 97.4 Å². The van der Waals surface area contributed by atoms with Gasteiger partial charge in [0.1, 0.15) is 0 Å². The molecule has 2 rings (SSSR count). The van der Waals surface area contributed by atoms with Crippen molar-refractivity contribution in [2.24, 2.45) is 0 Å². The molecule has 1 atom stereocenters. The van der Waals surface area contributed by atoms with Crippen LogP contribution in [0.1, 0.15) is 42.2 Å². The van der Waals surface area contributed by atoms with Crippen LogP contribution in [0.4, 0.5) is 5.13 Å². The summed E-state index contributed by atoms with van der Waals surface area (Å²) in [5.41, 5.74) is 1.10. The van der Waals surface area contributed by atoms with Gasteiger partial charge in [0.25, 0.3) is 5.91 Å². The quantitative estimate of drug-likeness (QED) is 0.643. The van der Waals surface area contributed by atoms with Gasteiger partial charge in [0.2, 0.25) is 5.91 Å². The lowest BCUT2D eigenvalue weighted by atomic mass is 10.1. The van der Waals surface area contributed by atoms with E-state index in [1.165, 1.54) is 18.4 Å². The number of amides is 2. The molecule has 1 unspecified atom stereocenters. The maximum Gasteiger partial charge on any atom is 0.307 e. The number of aromatic nitrogens is 1. The van der Waals surface area contributed by atoms with Crippen molar-refractivity contribution < 1.29 is 19.1 Å². The molecule has 0 radical (unpaired) electrons. The first-order valence-corrected chi connectivity index (χ1v) is 9.56. The summed E-state index contributed by atoms with van der Waals surface area (Å²) in [6, 6.07) is 8.58. The van der Waals surface area contributed by atoms with Crippen molar-refractivity contribution in [2.45, 2.75) is 38.6 Å². The van der Waals surface area contributed by atoms with Crippen molar-refractivity contribution in [3.63, 3.8) is 0 Å². The van der Waals surface area contributed by atoms with Gasteiger partial charge in [-0.05, 0) is 18.6 Å². The molecule has 1 heterocycles. The van der Waals surface area contributed by atoms with Crippen molar-refractivity contribution >= 4 is 34.3 Å². The SMILES string of the molecule is CCCC(CC(=O)OC)NC(=O)Cc1csc(NC(=O)c2ccccc2)n1. The summed E-state index contributed by atoms with van der Waals surface area (Å²) in [5.74, 6) is -0.820. The normalized spacial score (nSPS) is 11.5. The van der Waals surface area contributed by atoms with Crippen molar-refractivity contribution in [1.29, 1.82) is 0 Å². The molecule has 1 aromatic carbocycles. The minimum Gasteiger partial charge on any atom is -0.469 e. The average molecular weight is 389 g/mol. The fraction of sp³-hybridized carbons (Fsp3) is 0.368. The van der Waals surface area contributed by atoms with Gasteiger partial charge in [-0.2, -0.15) is 0 Å². The lowest BCUT2D eigenvalue weighted by Gasteiger charge is -2.16. The zero-order valence-corrected chi connectivity index (χ0v) is 16.2. The highest BCUT2D eigenvalue weighted by atomic mass is 32.1. The molecule has 0 saturated heterocycles. The molecule has 7 nitrogen and oxygen atoms in total.